The molecule has 0 radical (unpaired) electrons. The van der Waals surface area contributed by atoms with Crippen molar-refractivity contribution in [2.24, 2.45) is 0 Å². The number of morpholine rings is 1. The van der Waals surface area contributed by atoms with Gasteiger partial charge in [0.25, 0.3) is 11.8 Å². The molecule has 13 heteroatoms. The minimum atomic E-state index is -4.89. The van der Waals surface area contributed by atoms with E-state index >= 15 is 0 Å². The average Bonchev–Trinajstić information content (AvgIpc) is 3.47. The Hall–Kier alpha value is -3.71. The van der Waals surface area contributed by atoms with Crippen LogP contribution in [0.4, 0.5) is 23.4 Å². The zero-order valence-electron chi connectivity index (χ0n) is 21.1. The minimum Gasteiger partial charge on any atom is -0.378 e. The van der Waals surface area contributed by atoms with Gasteiger partial charge in [-0.2, -0.15) is 18.3 Å². The van der Waals surface area contributed by atoms with Crippen LogP contribution in [0.25, 0.3) is 0 Å². The lowest BCUT2D eigenvalue weighted by molar-refractivity contribution is -0.140. The Bertz CT molecular complexity index is 1260. The average molecular weight is 549 g/mol. The maximum atomic E-state index is 14.5. The summed E-state index contributed by atoms with van der Waals surface area (Å²) in [6.45, 7) is 4.31. The summed E-state index contributed by atoms with van der Waals surface area (Å²) in [7, 11) is 0. The Morgan fingerprint density at radius 3 is 2.36 bits per heavy atom. The van der Waals surface area contributed by atoms with Crippen molar-refractivity contribution in [1.82, 2.24) is 24.9 Å². The summed E-state index contributed by atoms with van der Waals surface area (Å²) >= 11 is 0. The number of halogens is 4. The van der Waals surface area contributed by atoms with Crippen molar-refractivity contribution in [1.29, 1.82) is 0 Å². The maximum absolute atomic E-state index is 14.5. The molecule has 3 aliphatic heterocycles. The molecule has 0 aliphatic carbocycles. The summed E-state index contributed by atoms with van der Waals surface area (Å²) < 4.78 is 59.2. The largest absolute Gasteiger partial charge is 0.419 e. The molecule has 39 heavy (non-hydrogen) atoms. The van der Waals surface area contributed by atoms with Crippen LogP contribution in [0.1, 0.15) is 15.9 Å². The van der Waals surface area contributed by atoms with Gasteiger partial charge in [-0.15, -0.1) is 0 Å². The van der Waals surface area contributed by atoms with E-state index in [1.54, 1.807) is 11.1 Å². The lowest BCUT2D eigenvalue weighted by atomic mass is 10.1. The van der Waals surface area contributed by atoms with Gasteiger partial charge in [-0.3, -0.25) is 19.6 Å². The highest BCUT2D eigenvalue weighted by Gasteiger charge is 2.37. The topological polar surface area (TPSA) is 85.0 Å². The van der Waals surface area contributed by atoms with E-state index < -0.39 is 29.0 Å². The fraction of sp³-hybridized carbons (Fsp3) is 0.423. The normalized spacial score (nSPS) is 19.1. The van der Waals surface area contributed by atoms with Gasteiger partial charge in [0.1, 0.15) is 11.6 Å². The third kappa shape index (κ3) is 5.83. The summed E-state index contributed by atoms with van der Waals surface area (Å²) in [5.41, 5.74) is -0.584. The molecule has 0 saturated carbocycles. The Balaban J connectivity index is 1.27. The van der Waals surface area contributed by atoms with Gasteiger partial charge >= 0.3 is 6.18 Å². The lowest BCUT2D eigenvalue weighted by Gasteiger charge is -2.38. The van der Waals surface area contributed by atoms with Crippen molar-refractivity contribution in [2.75, 3.05) is 70.5 Å². The highest BCUT2D eigenvalue weighted by Crippen LogP contribution is 2.33. The van der Waals surface area contributed by atoms with E-state index in [1.807, 2.05) is 23.1 Å². The van der Waals surface area contributed by atoms with E-state index in [4.69, 9.17) is 4.74 Å². The van der Waals surface area contributed by atoms with E-state index in [1.165, 1.54) is 4.90 Å². The quantitative estimate of drug-likeness (QED) is 0.579. The maximum Gasteiger partial charge on any atom is 0.419 e. The molecule has 3 aliphatic rings. The Kier molecular flexibility index (Phi) is 7.71. The molecule has 0 spiro atoms. The summed E-state index contributed by atoms with van der Waals surface area (Å²) in [5, 5.41) is 6.98. The third-order valence-corrected chi connectivity index (χ3v) is 7.06. The van der Waals surface area contributed by atoms with E-state index in [-0.39, 0.29) is 19.0 Å². The molecule has 9 nitrogen and oxygen atoms in total. The van der Waals surface area contributed by atoms with Gasteiger partial charge in [0.2, 0.25) is 0 Å². The predicted molar refractivity (Wildman–Crippen MR) is 133 cm³/mol. The second-order valence-corrected chi connectivity index (χ2v) is 9.49. The molecule has 2 aromatic rings. The van der Waals surface area contributed by atoms with E-state index in [2.05, 4.69) is 15.1 Å². The van der Waals surface area contributed by atoms with Crippen molar-refractivity contribution in [3.8, 4) is 0 Å². The number of nitrogens with zero attached hydrogens (tertiary/aromatic N) is 5. The van der Waals surface area contributed by atoms with E-state index in [9.17, 15) is 27.2 Å². The van der Waals surface area contributed by atoms with Crippen molar-refractivity contribution in [2.45, 2.75) is 6.18 Å². The van der Waals surface area contributed by atoms with Crippen LogP contribution in [0.5, 0.6) is 0 Å². The fourth-order valence-corrected chi connectivity index (χ4v) is 4.93. The second kappa shape index (κ2) is 11.2. The van der Waals surface area contributed by atoms with Gasteiger partial charge in [0.15, 0.2) is 0 Å². The number of ether oxygens (including phenoxy) is 1. The van der Waals surface area contributed by atoms with E-state index in [0.29, 0.717) is 64.1 Å². The number of H-pyrrole nitrogens is 1. The number of hydrogen-bond donors (Lipinski definition) is 1. The van der Waals surface area contributed by atoms with Gasteiger partial charge in [0.05, 0.1) is 30.5 Å². The molecule has 2 fully saturated rings. The van der Waals surface area contributed by atoms with Crippen LogP contribution in [0.3, 0.4) is 0 Å². The molecule has 0 bridgehead atoms. The summed E-state index contributed by atoms with van der Waals surface area (Å²) in [6.07, 6.45) is 0.492. The molecule has 4 heterocycles. The summed E-state index contributed by atoms with van der Waals surface area (Å²) in [4.78, 5) is 33.2. The second-order valence-electron chi connectivity index (χ2n) is 9.49. The Morgan fingerprint density at radius 2 is 1.69 bits per heavy atom. The molecular formula is C26H28F4N6O3. The molecule has 0 atom stereocenters. The van der Waals surface area contributed by atoms with Gasteiger partial charge in [-0.25, -0.2) is 4.39 Å². The highest BCUT2D eigenvalue weighted by atomic mass is 19.4. The molecule has 208 valence electrons. The van der Waals surface area contributed by atoms with Crippen LogP contribution in [0.2, 0.25) is 0 Å². The summed E-state index contributed by atoms with van der Waals surface area (Å²) in [6, 6.07) is 4.57. The zero-order chi connectivity index (χ0) is 27.6. The van der Waals surface area contributed by atoms with Crippen molar-refractivity contribution in [3.63, 3.8) is 0 Å². The van der Waals surface area contributed by atoms with Crippen LogP contribution in [-0.4, -0.2) is 102 Å². The Labute approximate surface area is 222 Å². The number of piperazine rings is 1. The number of carbonyl (C=O) groups is 2. The first-order valence-electron chi connectivity index (χ1n) is 12.6. The minimum absolute atomic E-state index is 0.0569. The molecule has 5 rings (SSSR count). The highest BCUT2D eigenvalue weighted by molar-refractivity contribution is 5.97. The van der Waals surface area contributed by atoms with Crippen LogP contribution in [0, 0.1) is 5.82 Å². The number of benzene rings is 1. The molecular weight excluding hydrogens is 520 g/mol. The molecule has 1 aromatic carbocycles. The van der Waals surface area contributed by atoms with Gasteiger partial charge in [0, 0.05) is 69.7 Å². The van der Waals surface area contributed by atoms with Crippen LogP contribution < -0.4 is 4.90 Å². The van der Waals surface area contributed by atoms with Crippen LogP contribution in [0.15, 0.2) is 53.9 Å². The number of alkyl halides is 3. The number of hydrogen-bond acceptors (Lipinski definition) is 6. The predicted octanol–water partition coefficient (Wildman–Crippen LogP) is 2.51. The first-order chi connectivity index (χ1) is 18.7. The number of nitrogens with one attached hydrogen (secondary N) is 1. The number of carbonyl (C=O) groups excluding carboxylic acids is 2. The third-order valence-electron chi connectivity index (χ3n) is 7.06. The van der Waals surface area contributed by atoms with Crippen molar-refractivity contribution < 1.29 is 31.9 Å². The Morgan fingerprint density at radius 1 is 0.974 bits per heavy atom. The molecule has 1 N–H and O–H groups in total. The SMILES string of the molecule is O=C(C1=CCN(c2ccn[nH]2)C(CN2CCN(C(=O)c3cccc(C(F)(F)F)c3F)CC2)=C1)N1CCOCC1. The number of amides is 2. The van der Waals surface area contributed by atoms with E-state index in [0.717, 1.165) is 23.6 Å². The first kappa shape index (κ1) is 26.9. The monoisotopic (exact) mass is 548 g/mol. The summed E-state index contributed by atoms with van der Waals surface area (Å²) in [5.74, 6) is -1.61. The van der Waals surface area contributed by atoms with Crippen LogP contribution in [-0.2, 0) is 15.7 Å². The molecule has 2 saturated heterocycles. The molecule has 0 unspecified atom stereocenters. The van der Waals surface area contributed by atoms with Gasteiger partial charge in [-0.05, 0) is 18.2 Å². The first-order valence-corrected chi connectivity index (χ1v) is 12.6. The zero-order valence-corrected chi connectivity index (χ0v) is 21.1. The molecule has 1 aromatic heterocycles. The number of rotatable bonds is 5. The smallest absolute Gasteiger partial charge is 0.378 e. The standard InChI is InChI=1S/C26H28F4N6O3/c27-23-20(2-1-3-21(23)26(28,29)30)25(38)34-10-8-33(9-11-34)17-19-16-18(24(37)35-12-14-39-15-13-35)5-7-36(19)22-4-6-31-32-22/h1-6,16H,7-15,17H2,(H,31,32). The van der Waals surface area contributed by atoms with Crippen molar-refractivity contribution in [3.05, 3.63) is 70.8 Å². The number of aromatic nitrogens is 2. The molecule has 2 amide bonds. The van der Waals surface area contributed by atoms with Gasteiger partial charge in [-0.1, -0.05) is 12.1 Å². The van der Waals surface area contributed by atoms with Gasteiger partial charge < -0.3 is 19.4 Å². The number of aromatic amines is 1. The van der Waals surface area contributed by atoms with Crippen LogP contribution >= 0.6 is 0 Å². The van der Waals surface area contributed by atoms with Crippen molar-refractivity contribution >= 4 is 17.6 Å². The fourth-order valence-electron chi connectivity index (χ4n) is 4.93. The lowest BCUT2D eigenvalue weighted by Crippen LogP contribution is -2.50. The number of anilines is 1.